The summed E-state index contributed by atoms with van der Waals surface area (Å²) < 4.78 is 11.8. The van der Waals surface area contributed by atoms with Crippen LogP contribution in [-0.2, 0) is 0 Å². The van der Waals surface area contributed by atoms with Gasteiger partial charge in [-0.25, -0.2) is 0 Å². The van der Waals surface area contributed by atoms with E-state index in [0.717, 1.165) is 29.0 Å². The summed E-state index contributed by atoms with van der Waals surface area (Å²) in [5.41, 5.74) is 4.77. The van der Waals surface area contributed by atoms with Gasteiger partial charge in [0.05, 0.1) is 13.2 Å². The summed E-state index contributed by atoms with van der Waals surface area (Å²) in [6, 6.07) is 12.4. The van der Waals surface area contributed by atoms with Crippen LogP contribution in [0.3, 0.4) is 0 Å². The maximum Gasteiger partial charge on any atom is 0.127 e. The van der Waals surface area contributed by atoms with Gasteiger partial charge >= 0.3 is 0 Å². The lowest BCUT2D eigenvalue weighted by Gasteiger charge is -2.16. The topological polar surface area (TPSA) is 18.5 Å². The van der Waals surface area contributed by atoms with E-state index in [-0.39, 0.29) is 0 Å². The zero-order chi connectivity index (χ0) is 13.2. The van der Waals surface area contributed by atoms with Crippen molar-refractivity contribution in [2.45, 2.75) is 20.3 Å². The first-order valence-electron chi connectivity index (χ1n) is 6.72. The fourth-order valence-electron chi connectivity index (χ4n) is 2.59. The van der Waals surface area contributed by atoms with Crippen molar-refractivity contribution < 1.29 is 9.47 Å². The molecule has 0 saturated heterocycles. The molecule has 2 aromatic rings. The number of benzene rings is 2. The Morgan fingerprint density at radius 1 is 0.737 bits per heavy atom. The largest absolute Gasteiger partial charge is 0.493 e. The molecule has 0 atom stereocenters. The zero-order valence-corrected chi connectivity index (χ0v) is 11.4. The Hall–Kier alpha value is -1.96. The smallest absolute Gasteiger partial charge is 0.127 e. The van der Waals surface area contributed by atoms with E-state index in [1.165, 1.54) is 11.1 Å². The van der Waals surface area contributed by atoms with E-state index < -0.39 is 0 Å². The molecule has 0 bridgehead atoms. The van der Waals surface area contributed by atoms with Crippen molar-refractivity contribution in [1.82, 2.24) is 0 Å². The molecule has 0 spiro atoms. The monoisotopic (exact) mass is 254 g/mol. The molecule has 2 heteroatoms. The highest BCUT2D eigenvalue weighted by molar-refractivity contribution is 5.81. The third kappa shape index (κ3) is 2.19. The van der Waals surface area contributed by atoms with E-state index in [9.17, 15) is 0 Å². The summed E-state index contributed by atoms with van der Waals surface area (Å²) >= 11 is 0. The minimum Gasteiger partial charge on any atom is -0.493 e. The van der Waals surface area contributed by atoms with Crippen LogP contribution in [0.4, 0.5) is 0 Å². The van der Waals surface area contributed by atoms with Crippen LogP contribution in [-0.4, -0.2) is 13.2 Å². The van der Waals surface area contributed by atoms with Gasteiger partial charge in [-0.15, -0.1) is 0 Å². The third-order valence-electron chi connectivity index (χ3n) is 3.52. The van der Waals surface area contributed by atoms with Crippen LogP contribution < -0.4 is 9.47 Å². The van der Waals surface area contributed by atoms with Gasteiger partial charge in [-0.05, 0) is 37.1 Å². The van der Waals surface area contributed by atoms with Gasteiger partial charge in [0.2, 0.25) is 0 Å². The van der Waals surface area contributed by atoms with Crippen LogP contribution in [0.1, 0.15) is 17.5 Å². The Labute approximate surface area is 114 Å². The van der Waals surface area contributed by atoms with Crippen molar-refractivity contribution in [2.75, 3.05) is 13.2 Å². The van der Waals surface area contributed by atoms with Gasteiger partial charge < -0.3 is 9.47 Å². The molecule has 0 aliphatic carbocycles. The maximum absolute atomic E-state index is 5.92. The summed E-state index contributed by atoms with van der Waals surface area (Å²) in [5, 5.41) is 0. The van der Waals surface area contributed by atoms with Crippen LogP contribution in [0.15, 0.2) is 36.4 Å². The van der Waals surface area contributed by atoms with Crippen molar-refractivity contribution in [3.05, 3.63) is 47.5 Å². The molecular formula is C17H18O2. The molecule has 2 aromatic carbocycles. The quantitative estimate of drug-likeness (QED) is 0.703. The van der Waals surface area contributed by atoms with Gasteiger partial charge in [-0.3, -0.25) is 0 Å². The molecule has 0 aromatic heterocycles. The number of hydrogen-bond donors (Lipinski definition) is 0. The van der Waals surface area contributed by atoms with Crippen LogP contribution in [0.2, 0.25) is 0 Å². The highest BCUT2D eigenvalue weighted by Gasteiger charge is 2.17. The van der Waals surface area contributed by atoms with Gasteiger partial charge in [0.1, 0.15) is 11.5 Å². The lowest BCUT2D eigenvalue weighted by molar-refractivity contribution is 0.252. The highest BCUT2D eigenvalue weighted by Crippen LogP contribution is 2.41. The first kappa shape index (κ1) is 12.1. The summed E-state index contributed by atoms with van der Waals surface area (Å²) in [7, 11) is 0. The van der Waals surface area contributed by atoms with Gasteiger partial charge in [0.15, 0.2) is 0 Å². The third-order valence-corrected chi connectivity index (χ3v) is 3.52. The second-order valence-electron chi connectivity index (χ2n) is 4.95. The molecular weight excluding hydrogens is 236 g/mol. The van der Waals surface area contributed by atoms with Crippen molar-refractivity contribution in [2.24, 2.45) is 0 Å². The fraction of sp³-hybridized carbons (Fsp3) is 0.294. The van der Waals surface area contributed by atoms with E-state index in [1.54, 1.807) is 0 Å². The minimum atomic E-state index is 0.698. The van der Waals surface area contributed by atoms with Crippen molar-refractivity contribution in [3.63, 3.8) is 0 Å². The Morgan fingerprint density at radius 3 is 1.68 bits per heavy atom. The molecule has 0 N–H and O–H groups in total. The highest BCUT2D eigenvalue weighted by atomic mass is 16.5. The van der Waals surface area contributed by atoms with Crippen LogP contribution >= 0.6 is 0 Å². The molecule has 0 fully saturated rings. The molecule has 0 saturated carbocycles. The lowest BCUT2D eigenvalue weighted by Crippen LogP contribution is -2.03. The zero-order valence-electron chi connectivity index (χ0n) is 11.4. The average Bonchev–Trinajstić information content (AvgIpc) is 2.48. The van der Waals surface area contributed by atoms with E-state index in [2.05, 4.69) is 26.0 Å². The summed E-state index contributed by atoms with van der Waals surface area (Å²) in [6.07, 6.45) is 0.904. The summed E-state index contributed by atoms with van der Waals surface area (Å²) in [6.45, 7) is 5.64. The normalized spacial score (nSPS) is 14.0. The van der Waals surface area contributed by atoms with E-state index in [0.29, 0.717) is 13.2 Å². The molecule has 3 rings (SSSR count). The Balaban J connectivity index is 2.30. The van der Waals surface area contributed by atoms with E-state index >= 15 is 0 Å². The lowest BCUT2D eigenvalue weighted by atomic mass is 9.95. The second kappa shape index (κ2) is 4.96. The van der Waals surface area contributed by atoms with Gasteiger partial charge in [0.25, 0.3) is 0 Å². The first-order chi connectivity index (χ1) is 9.27. The molecule has 1 heterocycles. The number of hydrogen-bond acceptors (Lipinski definition) is 2. The number of rotatable bonds is 0. The average molecular weight is 254 g/mol. The minimum absolute atomic E-state index is 0.698. The molecule has 0 amide bonds. The van der Waals surface area contributed by atoms with E-state index in [4.69, 9.17) is 9.47 Å². The molecule has 0 radical (unpaired) electrons. The van der Waals surface area contributed by atoms with Crippen molar-refractivity contribution in [1.29, 1.82) is 0 Å². The van der Waals surface area contributed by atoms with E-state index in [1.807, 2.05) is 24.3 Å². The summed E-state index contributed by atoms with van der Waals surface area (Å²) in [5.74, 6) is 1.92. The second-order valence-corrected chi connectivity index (χ2v) is 4.95. The summed E-state index contributed by atoms with van der Waals surface area (Å²) in [4.78, 5) is 0. The van der Waals surface area contributed by atoms with Gasteiger partial charge in [-0.1, -0.05) is 24.3 Å². The van der Waals surface area contributed by atoms with Crippen LogP contribution in [0.25, 0.3) is 11.1 Å². The predicted octanol–water partition coefficient (Wildman–Crippen LogP) is 4.13. The Kier molecular flexibility index (Phi) is 3.16. The molecule has 2 nitrogen and oxygen atoms in total. The SMILES string of the molecule is Cc1cccc2c1-c1c(C)cccc1OCCCO2. The number of aryl methyl sites for hydroxylation is 2. The maximum atomic E-state index is 5.92. The van der Waals surface area contributed by atoms with Crippen LogP contribution in [0.5, 0.6) is 11.5 Å². The number of ether oxygens (including phenoxy) is 2. The standard InChI is InChI=1S/C17H18O2/c1-12-6-3-8-14-16(12)17-13(2)7-4-9-15(17)19-11-5-10-18-14/h3-4,6-9H,5,10-11H2,1-2H3. The molecule has 19 heavy (non-hydrogen) atoms. The molecule has 98 valence electrons. The van der Waals surface area contributed by atoms with Crippen LogP contribution in [0, 0.1) is 13.8 Å². The Bertz CT molecular complexity index is 549. The molecule has 1 aliphatic heterocycles. The van der Waals surface area contributed by atoms with Gasteiger partial charge in [-0.2, -0.15) is 0 Å². The van der Waals surface area contributed by atoms with Gasteiger partial charge in [0, 0.05) is 17.5 Å². The molecule has 0 unspecified atom stereocenters. The van der Waals surface area contributed by atoms with Crippen molar-refractivity contribution in [3.8, 4) is 22.6 Å². The Morgan fingerprint density at radius 2 is 1.21 bits per heavy atom. The van der Waals surface area contributed by atoms with Crippen molar-refractivity contribution >= 4 is 0 Å². The fourth-order valence-corrected chi connectivity index (χ4v) is 2.59. The first-order valence-corrected chi connectivity index (χ1v) is 6.72. The number of fused-ring (bicyclic) bond motifs is 3. The molecule has 1 aliphatic rings. The predicted molar refractivity (Wildman–Crippen MR) is 77.0 cm³/mol.